The number of benzene rings is 1. The topological polar surface area (TPSA) is 55.7 Å². The van der Waals surface area contributed by atoms with Gasteiger partial charge >= 0.3 is 51.4 Å². The van der Waals surface area contributed by atoms with Crippen LogP contribution in [-0.2, 0) is 19.7 Å². The Morgan fingerprint density at radius 2 is 2.05 bits per heavy atom. The van der Waals surface area contributed by atoms with E-state index in [1.165, 1.54) is 0 Å². The molecule has 0 N–H and O–H groups in total. The number of aliphatic imine (C=N–C) groups is 1. The van der Waals surface area contributed by atoms with Crippen LogP contribution in [0, 0.1) is 0 Å². The molecule has 0 saturated carbocycles. The SMILES string of the molecule is C=CCCOS(=O)(=O)c1ccc2c(c1)C(C)(C)C(C)=N2.[KH]. The summed E-state index contributed by atoms with van der Waals surface area (Å²) in [6, 6.07) is 4.94. The van der Waals surface area contributed by atoms with Crippen molar-refractivity contribution < 1.29 is 12.6 Å². The molecule has 0 bridgehead atoms. The van der Waals surface area contributed by atoms with Gasteiger partial charge < -0.3 is 0 Å². The van der Waals surface area contributed by atoms with Crippen molar-refractivity contribution in [1.82, 2.24) is 0 Å². The number of nitrogens with zero attached hydrogens (tertiary/aromatic N) is 1. The average Bonchev–Trinajstić information content (AvgIpc) is 2.60. The van der Waals surface area contributed by atoms with Crippen molar-refractivity contribution in [2.75, 3.05) is 6.61 Å². The summed E-state index contributed by atoms with van der Waals surface area (Å²) < 4.78 is 29.2. The van der Waals surface area contributed by atoms with Gasteiger partial charge in [0, 0.05) is 11.1 Å². The first-order valence-corrected chi connectivity index (χ1v) is 7.90. The summed E-state index contributed by atoms with van der Waals surface area (Å²) in [6.07, 6.45) is 2.12. The maximum atomic E-state index is 12.1. The van der Waals surface area contributed by atoms with Gasteiger partial charge in [0.2, 0.25) is 0 Å². The molecular weight excluding hydrogens is 313 g/mol. The van der Waals surface area contributed by atoms with Crippen LogP contribution in [0.4, 0.5) is 5.69 Å². The molecule has 110 valence electrons. The van der Waals surface area contributed by atoms with Crippen LogP contribution < -0.4 is 0 Å². The molecule has 1 aromatic rings. The van der Waals surface area contributed by atoms with Gasteiger partial charge in [-0.2, -0.15) is 8.42 Å². The van der Waals surface area contributed by atoms with Crippen LogP contribution in [0.3, 0.4) is 0 Å². The van der Waals surface area contributed by atoms with E-state index in [2.05, 4.69) is 11.6 Å². The van der Waals surface area contributed by atoms with E-state index in [1.54, 1.807) is 24.3 Å². The van der Waals surface area contributed by atoms with Gasteiger partial charge in [0.25, 0.3) is 10.1 Å². The zero-order chi connectivity index (χ0) is 15.0. The van der Waals surface area contributed by atoms with Gasteiger partial charge in [-0.05, 0) is 37.1 Å². The van der Waals surface area contributed by atoms with Crippen molar-refractivity contribution in [3.63, 3.8) is 0 Å². The van der Waals surface area contributed by atoms with Crippen LogP contribution in [0.2, 0.25) is 0 Å². The molecule has 4 nitrogen and oxygen atoms in total. The quantitative estimate of drug-likeness (QED) is 0.360. The van der Waals surface area contributed by atoms with E-state index < -0.39 is 10.1 Å². The summed E-state index contributed by atoms with van der Waals surface area (Å²) in [6.45, 7) is 9.67. The van der Waals surface area contributed by atoms with Crippen LogP contribution >= 0.6 is 0 Å². The summed E-state index contributed by atoms with van der Waals surface area (Å²) in [7, 11) is -3.72. The zero-order valence-corrected chi connectivity index (χ0v) is 12.8. The van der Waals surface area contributed by atoms with Crippen LogP contribution in [0.5, 0.6) is 0 Å². The molecule has 1 aliphatic heterocycles. The van der Waals surface area contributed by atoms with Crippen molar-refractivity contribution >= 4 is 72.9 Å². The predicted molar refractivity (Wildman–Crippen MR) is 87.3 cm³/mol. The van der Waals surface area contributed by atoms with Gasteiger partial charge in [0.1, 0.15) is 0 Å². The molecule has 2 rings (SSSR count). The van der Waals surface area contributed by atoms with Crippen molar-refractivity contribution in [1.29, 1.82) is 0 Å². The molecule has 0 fully saturated rings. The predicted octanol–water partition coefficient (Wildman–Crippen LogP) is 2.70. The fourth-order valence-electron chi connectivity index (χ4n) is 2.09. The van der Waals surface area contributed by atoms with Gasteiger partial charge in [-0.1, -0.05) is 19.9 Å². The molecule has 0 aromatic heterocycles. The van der Waals surface area contributed by atoms with E-state index in [-0.39, 0.29) is 68.3 Å². The van der Waals surface area contributed by atoms with Crippen LogP contribution in [-0.4, -0.2) is 72.1 Å². The summed E-state index contributed by atoms with van der Waals surface area (Å²) in [5.41, 5.74) is 2.48. The van der Waals surface area contributed by atoms with Crippen LogP contribution in [0.1, 0.15) is 32.8 Å². The van der Waals surface area contributed by atoms with Crippen LogP contribution in [0.15, 0.2) is 40.7 Å². The summed E-state index contributed by atoms with van der Waals surface area (Å²) in [4.78, 5) is 4.65. The van der Waals surface area contributed by atoms with E-state index in [1.807, 2.05) is 20.8 Å². The molecule has 21 heavy (non-hydrogen) atoms. The number of rotatable bonds is 5. The van der Waals surface area contributed by atoms with E-state index in [0.29, 0.717) is 6.42 Å². The number of hydrogen-bond acceptors (Lipinski definition) is 4. The number of hydrogen-bond donors (Lipinski definition) is 0. The van der Waals surface area contributed by atoms with E-state index in [9.17, 15) is 8.42 Å². The van der Waals surface area contributed by atoms with Crippen molar-refractivity contribution in [3.05, 3.63) is 36.4 Å². The molecule has 0 saturated heterocycles. The Hall–Kier alpha value is 0.176. The molecule has 6 heteroatoms. The fourth-order valence-corrected chi connectivity index (χ4v) is 3.04. The second-order valence-corrected chi connectivity index (χ2v) is 6.97. The molecule has 0 atom stereocenters. The molecule has 0 spiro atoms. The summed E-state index contributed by atoms with van der Waals surface area (Å²) >= 11 is 0. The zero-order valence-electron chi connectivity index (χ0n) is 12.0. The van der Waals surface area contributed by atoms with E-state index in [0.717, 1.165) is 17.0 Å². The average molecular weight is 333 g/mol. The maximum absolute atomic E-state index is 12.1. The Labute approximate surface area is 169 Å². The normalized spacial score (nSPS) is 15.9. The van der Waals surface area contributed by atoms with Crippen molar-refractivity contribution in [2.45, 2.75) is 37.5 Å². The molecular formula is C15H20KNO3S. The fraction of sp³-hybridized carbons (Fsp3) is 0.400. The summed E-state index contributed by atoms with van der Waals surface area (Å²) in [5, 5.41) is 0. The van der Waals surface area contributed by atoms with Crippen LogP contribution in [0.25, 0.3) is 0 Å². The third-order valence-electron chi connectivity index (χ3n) is 3.68. The molecule has 0 aliphatic carbocycles. The minimum absolute atomic E-state index is 0. The first kappa shape index (κ1) is 19.2. The Balaban J connectivity index is 0.00000220. The molecule has 0 amide bonds. The van der Waals surface area contributed by atoms with E-state index >= 15 is 0 Å². The van der Waals surface area contributed by atoms with Gasteiger partial charge in [0.05, 0.1) is 17.2 Å². The summed E-state index contributed by atoms with van der Waals surface area (Å²) in [5.74, 6) is 0. The molecule has 0 unspecified atom stereocenters. The number of fused-ring (bicyclic) bond motifs is 1. The Bertz CT molecular complexity index is 678. The first-order chi connectivity index (χ1) is 9.29. The van der Waals surface area contributed by atoms with Crippen molar-refractivity contribution in [2.24, 2.45) is 4.99 Å². The Morgan fingerprint density at radius 3 is 2.67 bits per heavy atom. The van der Waals surface area contributed by atoms with Gasteiger partial charge in [0.15, 0.2) is 0 Å². The molecule has 1 aromatic carbocycles. The Morgan fingerprint density at radius 1 is 1.38 bits per heavy atom. The standard InChI is InChI=1S/C15H19NO3S.K.H/c1-5-6-9-19-20(17,18)12-7-8-14-13(10-12)15(3,4)11(2)16-14;;/h5,7-8,10H,1,6,9H2,2-4H3;;. The van der Waals surface area contributed by atoms with Crippen molar-refractivity contribution in [3.8, 4) is 0 Å². The molecule has 1 aliphatic rings. The molecule has 0 radical (unpaired) electrons. The minimum atomic E-state index is -3.72. The first-order valence-electron chi connectivity index (χ1n) is 6.49. The Kier molecular flexibility index (Phi) is 6.56. The second-order valence-electron chi connectivity index (χ2n) is 5.35. The second kappa shape index (κ2) is 7.17. The molecule has 1 heterocycles. The monoisotopic (exact) mass is 333 g/mol. The van der Waals surface area contributed by atoms with Gasteiger partial charge in [-0.3, -0.25) is 9.18 Å². The van der Waals surface area contributed by atoms with Gasteiger partial charge in [-0.25, -0.2) is 0 Å². The third kappa shape index (κ3) is 3.93. The third-order valence-corrected chi connectivity index (χ3v) is 4.99. The van der Waals surface area contributed by atoms with E-state index in [4.69, 9.17) is 4.18 Å². The van der Waals surface area contributed by atoms with Gasteiger partial charge in [-0.15, -0.1) is 6.58 Å².